The Morgan fingerprint density at radius 1 is 0.974 bits per heavy atom. The molecule has 1 radical (unpaired) electrons. The summed E-state index contributed by atoms with van der Waals surface area (Å²) in [4.78, 5) is 55.1. The van der Waals surface area contributed by atoms with Crippen LogP contribution < -0.4 is 26.4 Å². The average Bonchev–Trinajstić information content (AvgIpc) is 3.69. The second kappa shape index (κ2) is 10.2. The molecule has 0 aliphatic carbocycles. The zero-order chi connectivity index (χ0) is 27.6. The lowest BCUT2D eigenvalue weighted by Gasteiger charge is -2.35. The van der Waals surface area contributed by atoms with E-state index in [-0.39, 0.29) is 11.3 Å². The Hall–Kier alpha value is -4.74. The van der Waals surface area contributed by atoms with Gasteiger partial charge in [0, 0.05) is 18.0 Å². The maximum Gasteiger partial charge on any atom is 0.333 e. The first-order valence-electron chi connectivity index (χ1n) is 12.0. The average molecular weight is 542 g/mol. The number of hydrazine groups is 1. The summed E-state index contributed by atoms with van der Waals surface area (Å²) in [6.07, 6.45) is 4.92. The number of fused-ring (bicyclic) bond motifs is 1. The van der Waals surface area contributed by atoms with Crippen LogP contribution in [-0.4, -0.2) is 29.1 Å². The van der Waals surface area contributed by atoms with Crippen molar-refractivity contribution in [2.75, 3.05) is 10.3 Å². The molecule has 2 aromatic carbocycles. The molecule has 1 aliphatic heterocycles. The van der Waals surface area contributed by atoms with E-state index in [1.54, 1.807) is 48.3 Å². The first kappa shape index (κ1) is 25.9. The monoisotopic (exact) mass is 541 g/mol. The van der Waals surface area contributed by atoms with Gasteiger partial charge in [0.25, 0.3) is 17.7 Å². The minimum Gasteiger partial charge on any atom is -0.367 e. The number of carbonyl (C=O) groups excluding carboxylic acids is 4. The molecule has 0 saturated heterocycles. The fourth-order valence-electron chi connectivity index (χ4n) is 4.42. The molecule has 1 unspecified atom stereocenters. The predicted molar refractivity (Wildman–Crippen MR) is 148 cm³/mol. The molecule has 0 spiro atoms. The van der Waals surface area contributed by atoms with Crippen LogP contribution in [-0.2, 0) is 20.8 Å². The van der Waals surface area contributed by atoms with Crippen LogP contribution in [0.1, 0.15) is 45.7 Å². The highest BCUT2D eigenvalue weighted by Crippen LogP contribution is 2.40. The number of hydrogen-bond donors (Lipinski definition) is 5. The topological polar surface area (TPSA) is 135 Å². The molecule has 4 amide bonds. The second-order valence-corrected chi connectivity index (χ2v) is 10.3. The zero-order valence-electron chi connectivity index (χ0n) is 21.1. The van der Waals surface area contributed by atoms with Crippen LogP contribution >= 0.6 is 11.3 Å². The second-order valence-electron chi connectivity index (χ2n) is 9.43. The van der Waals surface area contributed by atoms with Crippen LogP contribution in [0.5, 0.6) is 0 Å². The lowest BCUT2D eigenvalue weighted by Crippen LogP contribution is -2.66. The van der Waals surface area contributed by atoms with Crippen molar-refractivity contribution in [2.24, 2.45) is 0 Å². The number of rotatable bonds is 8. The molecular weight excluding hydrogens is 516 g/mol. The molecule has 11 heteroatoms. The van der Waals surface area contributed by atoms with E-state index in [1.807, 2.05) is 44.2 Å². The van der Waals surface area contributed by atoms with E-state index >= 15 is 0 Å². The molecule has 0 saturated carbocycles. The van der Waals surface area contributed by atoms with Crippen LogP contribution in [0.15, 0.2) is 84.5 Å². The highest BCUT2D eigenvalue weighted by Gasteiger charge is 2.52. The number of benzene rings is 2. The summed E-state index contributed by atoms with van der Waals surface area (Å²) in [5.74, 6) is -1.64. The molecule has 5 N–H and O–H groups in total. The number of thiophene rings is 1. The summed E-state index contributed by atoms with van der Waals surface area (Å²) >= 11 is 1.22. The summed E-state index contributed by atoms with van der Waals surface area (Å²) in [6, 6.07) is 19.1. The fourth-order valence-corrected chi connectivity index (χ4v) is 5.29. The third-order valence-corrected chi connectivity index (χ3v) is 7.36. The molecule has 2 aromatic heterocycles. The predicted octanol–water partition coefficient (Wildman–Crippen LogP) is 3.35. The highest BCUT2D eigenvalue weighted by molar-refractivity contribution is 7.14. The van der Waals surface area contributed by atoms with Crippen molar-refractivity contribution in [3.05, 3.63) is 107 Å². The molecule has 1 aliphatic rings. The summed E-state index contributed by atoms with van der Waals surface area (Å²) < 4.78 is 0. The van der Waals surface area contributed by atoms with E-state index < -0.39 is 28.9 Å². The molecule has 0 fully saturated rings. The minimum absolute atomic E-state index is 0.128. The van der Waals surface area contributed by atoms with Crippen molar-refractivity contribution in [3.8, 4) is 0 Å². The summed E-state index contributed by atoms with van der Waals surface area (Å²) in [5, 5.41) is 11.8. The van der Waals surface area contributed by atoms with Crippen molar-refractivity contribution in [1.82, 2.24) is 21.0 Å². The van der Waals surface area contributed by atoms with Crippen LogP contribution in [0.2, 0.25) is 0 Å². The first-order chi connectivity index (χ1) is 18.7. The van der Waals surface area contributed by atoms with E-state index in [2.05, 4.69) is 26.4 Å². The van der Waals surface area contributed by atoms with Gasteiger partial charge in [0.1, 0.15) is 5.00 Å². The first-order valence-corrected chi connectivity index (χ1v) is 12.9. The van der Waals surface area contributed by atoms with Crippen LogP contribution in [0.25, 0.3) is 0 Å². The number of aromatic nitrogens is 1. The normalized spacial score (nSPS) is 16.3. The van der Waals surface area contributed by atoms with Gasteiger partial charge in [-0.15, -0.1) is 11.3 Å². The molecule has 197 valence electrons. The zero-order valence-corrected chi connectivity index (χ0v) is 21.9. The Morgan fingerprint density at radius 2 is 1.72 bits per heavy atom. The Balaban J connectivity index is 1.49. The van der Waals surface area contributed by atoms with Gasteiger partial charge >= 0.3 is 6.41 Å². The van der Waals surface area contributed by atoms with Gasteiger partial charge in [-0.25, -0.2) is 5.01 Å². The summed E-state index contributed by atoms with van der Waals surface area (Å²) in [5.41, 5.74) is 2.18. The van der Waals surface area contributed by atoms with Gasteiger partial charge in [-0.3, -0.25) is 19.2 Å². The van der Waals surface area contributed by atoms with Crippen LogP contribution in [0.3, 0.4) is 0 Å². The molecule has 3 heterocycles. The van der Waals surface area contributed by atoms with Crippen molar-refractivity contribution >= 4 is 46.2 Å². The van der Waals surface area contributed by atoms with E-state index in [4.69, 9.17) is 0 Å². The van der Waals surface area contributed by atoms with Gasteiger partial charge < -0.3 is 20.9 Å². The number of aromatic amines is 1. The maximum absolute atomic E-state index is 14.0. The van der Waals surface area contributed by atoms with Crippen molar-refractivity contribution < 1.29 is 19.2 Å². The molecule has 1 atom stereocenters. The molecule has 39 heavy (non-hydrogen) atoms. The Bertz CT molecular complexity index is 1530. The largest absolute Gasteiger partial charge is 0.367 e. The summed E-state index contributed by atoms with van der Waals surface area (Å²) in [6.45, 7) is 3.68. The van der Waals surface area contributed by atoms with E-state index in [9.17, 15) is 19.2 Å². The van der Waals surface area contributed by atoms with Gasteiger partial charge in [0.15, 0.2) is 0 Å². The van der Waals surface area contributed by atoms with E-state index in [0.717, 1.165) is 10.6 Å². The number of para-hydroxylation sites is 1. The SMILES string of the molecule is CC(C)(NC(=O)C1(NC(=O)c2ccccc2NC(=O)c2cc[nH]c2)NN([C]=O)c2sccc21)c1ccccc1. The van der Waals surface area contributed by atoms with Crippen molar-refractivity contribution in [3.63, 3.8) is 0 Å². The van der Waals surface area contributed by atoms with Gasteiger partial charge in [-0.05, 0) is 49.1 Å². The molecule has 4 aromatic rings. The lowest BCUT2D eigenvalue weighted by molar-refractivity contribution is -0.130. The number of amides is 4. The number of anilines is 2. The minimum atomic E-state index is -1.84. The smallest absolute Gasteiger partial charge is 0.333 e. The van der Waals surface area contributed by atoms with Crippen molar-refractivity contribution in [1.29, 1.82) is 0 Å². The number of H-pyrrole nitrogens is 1. The molecule has 0 bridgehead atoms. The third kappa shape index (κ3) is 4.80. The number of carbonyl (C=O) groups is 3. The van der Waals surface area contributed by atoms with E-state index in [1.165, 1.54) is 23.6 Å². The molecule has 5 rings (SSSR count). The van der Waals surface area contributed by atoms with Gasteiger partial charge in [0.05, 0.1) is 22.4 Å². The van der Waals surface area contributed by atoms with Crippen molar-refractivity contribution in [2.45, 2.75) is 25.0 Å². The Kier molecular flexibility index (Phi) is 6.77. The number of nitrogens with zero attached hydrogens (tertiary/aromatic N) is 1. The fraction of sp³-hybridized carbons (Fsp3) is 0.143. The lowest BCUT2D eigenvalue weighted by atomic mass is 9.92. The quantitative estimate of drug-likeness (QED) is 0.233. The maximum atomic E-state index is 14.0. The number of nitrogens with one attached hydrogen (secondary N) is 5. The van der Waals surface area contributed by atoms with Crippen LogP contribution in [0.4, 0.5) is 10.7 Å². The highest BCUT2D eigenvalue weighted by atomic mass is 32.1. The van der Waals surface area contributed by atoms with Gasteiger partial charge in [-0.2, -0.15) is 5.43 Å². The Morgan fingerprint density at radius 3 is 2.44 bits per heavy atom. The van der Waals surface area contributed by atoms with E-state index in [0.29, 0.717) is 16.1 Å². The van der Waals surface area contributed by atoms with Gasteiger partial charge in [-0.1, -0.05) is 42.5 Å². The van der Waals surface area contributed by atoms with Gasteiger partial charge in [0.2, 0.25) is 5.66 Å². The standard InChI is InChI=1S/C28H25N6O4S/c1-27(2,19-8-4-3-5-9-19)32-26(38)28(21-13-15-39-25(21)34(17-35)33-28)31-24(37)20-10-6-7-11-22(20)30-23(36)18-12-14-29-16-18/h3-16,29,33H,1-2H3,(H,30,36)(H,31,37)(H,32,38). The summed E-state index contributed by atoms with van der Waals surface area (Å²) in [7, 11) is 0. The Labute approximate surface area is 228 Å². The third-order valence-electron chi connectivity index (χ3n) is 6.47. The molecular formula is C28H25N6O4S. The molecule has 10 nitrogen and oxygen atoms in total. The van der Waals surface area contributed by atoms with Crippen LogP contribution in [0, 0.1) is 0 Å². The number of hydrogen-bond acceptors (Lipinski definition) is 6.